The molecule has 4 amide bonds. The lowest BCUT2D eigenvalue weighted by Crippen LogP contribution is -2.45. The van der Waals surface area contributed by atoms with Crippen LogP contribution in [0.3, 0.4) is 0 Å². The van der Waals surface area contributed by atoms with Gasteiger partial charge in [0, 0.05) is 24.2 Å². The van der Waals surface area contributed by atoms with Crippen molar-refractivity contribution in [3.8, 4) is 0 Å². The van der Waals surface area contributed by atoms with E-state index in [0.717, 1.165) is 22.3 Å². The Hall–Kier alpha value is -4.86. The molecular formula is C32H38N4O6. The maximum Gasteiger partial charge on any atom is 0.329 e. The highest BCUT2D eigenvalue weighted by molar-refractivity contribution is 5.96. The molecule has 0 unspecified atom stereocenters. The van der Waals surface area contributed by atoms with Gasteiger partial charge in [0.2, 0.25) is 0 Å². The quantitative estimate of drug-likeness (QED) is 0.228. The number of nitrogens with one attached hydrogen (secondary N) is 4. The van der Waals surface area contributed by atoms with Crippen molar-refractivity contribution in [3.63, 3.8) is 0 Å². The molecular weight excluding hydrogens is 536 g/mol. The molecule has 3 aromatic rings. The van der Waals surface area contributed by atoms with Crippen molar-refractivity contribution in [3.05, 3.63) is 95.1 Å². The molecule has 0 aliphatic rings. The van der Waals surface area contributed by atoms with Crippen molar-refractivity contribution >= 4 is 35.4 Å². The summed E-state index contributed by atoms with van der Waals surface area (Å²) in [5.74, 6) is -1.08. The molecule has 0 bridgehead atoms. The monoisotopic (exact) mass is 574 g/mol. The molecule has 0 saturated carbocycles. The Balaban J connectivity index is 1.71. The number of hydrogen-bond acceptors (Lipinski definition) is 6. The summed E-state index contributed by atoms with van der Waals surface area (Å²) in [5, 5.41) is 10.9. The molecule has 0 aliphatic carbocycles. The predicted octanol–water partition coefficient (Wildman–Crippen LogP) is 4.90. The van der Waals surface area contributed by atoms with Gasteiger partial charge in [0.1, 0.15) is 12.1 Å². The number of ether oxygens (including phenoxy) is 2. The SMILES string of the molecule is CCOC(=O)[C@H](Cc1ccccc1)NC(=O)Nc1cc(NC(=O)N[C@@H](Cc2ccccc2)C(=O)OCC)c(C)cc1C. The second kappa shape index (κ2) is 15.8. The first kappa shape index (κ1) is 31.7. The average Bonchev–Trinajstić information content (AvgIpc) is 2.96. The van der Waals surface area contributed by atoms with Crippen LogP contribution in [0.1, 0.15) is 36.1 Å². The topological polar surface area (TPSA) is 135 Å². The number of benzene rings is 3. The zero-order chi connectivity index (χ0) is 30.5. The molecule has 0 spiro atoms. The van der Waals surface area contributed by atoms with Gasteiger partial charge < -0.3 is 30.7 Å². The van der Waals surface area contributed by atoms with Gasteiger partial charge in [-0.25, -0.2) is 19.2 Å². The van der Waals surface area contributed by atoms with E-state index in [1.165, 1.54) is 0 Å². The first-order valence-corrected chi connectivity index (χ1v) is 13.9. The summed E-state index contributed by atoms with van der Waals surface area (Å²) in [6.45, 7) is 7.41. The van der Waals surface area contributed by atoms with Crippen molar-refractivity contribution < 1.29 is 28.7 Å². The number of carbonyl (C=O) groups is 4. The summed E-state index contributed by atoms with van der Waals surface area (Å²) in [5.41, 5.74) is 4.10. The molecule has 222 valence electrons. The molecule has 0 aliphatic heterocycles. The van der Waals surface area contributed by atoms with Gasteiger partial charge in [-0.2, -0.15) is 0 Å². The third-order valence-electron chi connectivity index (χ3n) is 6.39. The van der Waals surface area contributed by atoms with Gasteiger partial charge in [-0.05, 0) is 56.0 Å². The Bertz CT molecular complexity index is 1260. The van der Waals surface area contributed by atoms with Crippen molar-refractivity contribution in [2.24, 2.45) is 0 Å². The van der Waals surface area contributed by atoms with Gasteiger partial charge in [0.15, 0.2) is 0 Å². The molecule has 10 nitrogen and oxygen atoms in total. The Kier molecular flexibility index (Phi) is 11.9. The summed E-state index contributed by atoms with van der Waals surface area (Å²) >= 11 is 0. The van der Waals surface area contributed by atoms with E-state index >= 15 is 0 Å². The second-order valence-electron chi connectivity index (χ2n) is 9.67. The van der Waals surface area contributed by atoms with Crippen LogP contribution in [0.5, 0.6) is 0 Å². The fourth-order valence-corrected chi connectivity index (χ4v) is 4.33. The van der Waals surface area contributed by atoms with E-state index in [2.05, 4.69) is 21.3 Å². The molecule has 4 N–H and O–H groups in total. The largest absolute Gasteiger partial charge is 0.464 e. The molecule has 0 radical (unpaired) electrons. The lowest BCUT2D eigenvalue weighted by Gasteiger charge is -2.20. The molecule has 42 heavy (non-hydrogen) atoms. The minimum absolute atomic E-state index is 0.184. The number of carbonyl (C=O) groups excluding carboxylic acids is 4. The number of esters is 2. The highest BCUT2D eigenvalue weighted by Gasteiger charge is 2.24. The van der Waals surface area contributed by atoms with Crippen LogP contribution < -0.4 is 21.3 Å². The lowest BCUT2D eigenvalue weighted by molar-refractivity contribution is -0.146. The second-order valence-corrected chi connectivity index (χ2v) is 9.67. The van der Waals surface area contributed by atoms with Gasteiger partial charge in [0.05, 0.1) is 13.2 Å². The zero-order valence-corrected chi connectivity index (χ0v) is 24.4. The standard InChI is InChI=1S/C32H38N4O6/c1-5-41-29(37)27(18-23-13-9-7-10-14-23)35-31(39)33-25-20-26(22(4)17-21(25)3)34-32(40)36-28(30(38)42-6-2)19-24-15-11-8-12-16-24/h7-17,20,27-28H,5-6,18-19H2,1-4H3,(H2,33,35,39)(H2,34,36,40)/t27-,28-/m0/s1. The third-order valence-corrected chi connectivity index (χ3v) is 6.39. The predicted molar refractivity (Wildman–Crippen MR) is 161 cm³/mol. The highest BCUT2D eigenvalue weighted by Crippen LogP contribution is 2.25. The maximum absolute atomic E-state index is 13.0. The van der Waals surface area contributed by atoms with E-state index < -0.39 is 36.1 Å². The van der Waals surface area contributed by atoms with Crippen LogP contribution >= 0.6 is 0 Å². The molecule has 10 heteroatoms. The normalized spacial score (nSPS) is 11.9. The Labute approximate surface area is 246 Å². The minimum atomic E-state index is -0.897. The van der Waals surface area contributed by atoms with Gasteiger partial charge in [-0.1, -0.05) is 66.7 Å². The van der Waals surface area contributed by atoms with Crippen LogP contribution in [0.4, 0.5) is 21.0 Å². The molecule has 0 saturated heterocycles. The molecule has 0 fully saturated rings. The number of rotatable bonds is 12. The smallest absolute Gasteiger partial charge is 0.329 e. The third kappa shape index (κ3) is 9.65. The first-order chi connectivity index (χ1) is 20.2. The summed E-state index contributed by atoms with van der Waals surface area (Å²) in [4.78, 5) is 51.1. The van der Waals surface area contributed by atoms with E-state index in [0.29, 0.717) is 11.4 Å². The number of hydrogen-bond donors (Lipinski definition) is 4. The number of urea groups is 2. The van der Waals surface area contributed by atoms with E-state index in [1.807, 2.05) is 80.6 Å². The fourth-order valence-electron chi connectivity index (χ4n) is 4.33. The van der Waals surface area contributed by atoms with Crippen molar-refractivity contribution in [1.29, 1.82) is 0 Å². The van der Waals surface area contributed by atoms with Crippen molar-refractivity contribution in [2.75, 3.05) is 23.8 Å². The Morgan fingerprint density at radius 1 is 0.619 bits per heavy atom. The van der Waals surface area contributed by atoms with Crippen LogP contribution in [-0.4, -0.2) is 49.3 Å². The zero-order valence-electron chi connectivity index (χ0n) is 24.4. The fraction of sp³-hybridized carbons (Fsp3) is 0.312. The van der Waals surface area contributed by atoms with E-state index in [-0.39, 0.29) is 26.1 Å². The van der Waals surface area contributed by atoms with Gasteiger partial charge in [0.25, 0.3) is 0 Å². The van der Waals surface area contributed by atoms with Crippen LogP contribution in [-0.2, 0) is 31.9 Å². The first-order valence-electron chi connectivity index (χ1n) is 13.9. The number of aryl methyl sites for hydroxylation is 2. The Morgan fingerprint density at radius 2 is 1.00 bits per heavy atom. The average molecular weight is 575 g/mol. The maximum atomic E-state index is 13.0. The van der Waals surface area contributed by atoms with Crippen LogP contribution in [0.25, 0.3) is 0 Å². The van der Waals surface area contributed by atoms with Crippen LogP contribution in [0.2, 0.25) is 0 Å². The highest BCUT2D eigenvalue weighted by atomic mass is 16.5. The minimum Gasteiger partial charge on any atom is -0.464 e. The van der Waals surface area contributed by atoms with Gasteiger partial charge in [-0.15, -0.1) is 0 Å². The Morgan fingerprint density at radius 3 is 1.36 bits per heavy atom. The number of amides is 4. The van der Waals surface area contributed by atoms with Crippen molar-refractivity contribution in [2.45, 2.75) is 52.6 Å². The van der Waals surface area contributed by atoms with E-state index in [9.17, 15) is 19.2 Å². The summed E-state index contributed by atoms with van der Waals surface area (Å²) in [6.07, 6.45) is 0.523. The lowest BCUT2D eigenvalue weighted by atomic mass is 10.1. The molecule has 3 rings (SSSR count). The molecule has 0 heterocycles. The van der Waals surface area contributed by atoms with Gasteiger partial charge >= 0.3 is 24.0 Å². The van der Waals surface area contributed by atoms with Crippen LogP contribution in [0.15, 0.2) is 72.8 Å². The van der Waals surface area contributed by atoms with E-state index in [4.69, 9.17) is 9.47 Å². The molecule has 0 aromatic heterocycles. The molecule has 3 aromatic carbocycles. The molecule has 2 atom stereocenters. The van der Waals surface area contributed by atoms with Crippen LogP contribution in [0, 0.1) is 13.8 Å². The van der Waals surface area contributed by atoms with Gasteiger partial charge in [-0.3, -0.25) is 0 Å². The summed E-state index contributed by atoms with van der Waals surface area (Å²) < 4.78 is 10.3. The van der Waals surface area contributed by atoms with E-state index in [1.54, 1.807) is 19.9 Å². The number of anilines is 2. The summed E-state index contributed by atoms with van der Waals surface area (Å²) in [6, 6.07) is 19.1. The van der Waals surface area contributed by atoms with Crippen molar-refractivity contribution in [1.82, 2.24) is 10.6 Å². The summed E-state index contributed by atoms with van der Waals surface area (Å²) in [7, 11) is 0.